The molecule has 2 aromatic rings. The summed E-state index contributed by atoms with van der Waals surface area (Å²) in [4.78, 5) is 21.2. The zero-order valence-corrected chi connectivity index (χ0v) is 11.5. The van der Waals surface area contributed by atoms with Crippen LogP contribution in [0, 0.1) is 0 Å². The van der Waals surface area contributed by atoms with Crippen LogP contribution in [0.25, 0.3) is 0 Å². The van der Waals surface area contributed by atoms with Crippen LogP contribution in [0.4, 0.5) is 13.2 Å². The van der Waals surface area contributed by atoms with Crippen molar-refractivity contribution in [3.63, 3.8) is 0 Å². The quantitative estimate of drug-likeness (QED) is 0.914. The van der Waals surface area contributed by atoms with Crippen molar-refractivity contribution in [2.24, 2.45) is 0 Å². The molecule has 2 aromatic heterocycles. The van der Waals surface area contributed by atoms with Gasteiger partial charge in [0.05, 0.1) is 23.1 Å². The number of nitrogens with zero attached hydrogens (tertiary/aromatic N) is 2. The van der Waals surface area contributed by atoms with E-state index in [1.807, 2.05) is 4.98 Å². The third kappa shape index (κ3) is 3.52. The van der Waals surface area contributed by atoms with Gasteiger partial charge in [0.15, 0.2) is 11.4 Å². The van der Waals surface area contributed by atoms with Gasteiger partial charge in [-0.2, -0.15) is 13.2 Å². The smallest absolute Gasteiger partial charge is 0.343 e. The number of imidazole rings is 1. The summed E-state index contributed by atoms with van der Waals surface area (Å²) in [6, 6.07) is 2.55. The van der Waals surface area contributed by atoms with Crippen molar-refractivity contribution in [2.45, 2.75) is 19.1 Å². The first-order valence-electron chi connectivity index (χ1n) is 5.82. The molecule has 0 fully saturated rings. The molecule has 9 heteroatoms. The van der Waals surface area contributed by atoms with Gasteiger partial charge in [0.25, 0.3) is 5.91 Å². The number of pyridine rings is 1. The molecule has 1 amide bonds. The average Bonchev–Trinajstić information content (AvgIpc) is 2.88. The molecule has 2 N–H and O–H groups in total. The standard InChI is InChI=1S/C12H10ClF3N4O/c1-6(8-3-2-7(13)4-17-8)20-11(21)9-10(12(14,15)16)19-5-18-9/h2-6H,1H3,(H,18,19)(H,20,21)/t6-/m0/s1. The van der Waals surface area contributed by atoms with E-state index in [2.05, 4.69) is 15.3 Å². The number of carbonyl (C=O) groups is 1. The number of hydrogen-bond donors (Lipinski definition) is 2. The first kappa shape index (κ1) is 15.3. The highest BCUT2D eigenvalue weighted by Gasteiger charge is 2.38. The SMILES string of the molecule is C[C@H](NC(=O)c1nc[nH]c1C(F)(F)F)c1ccc(Cl)cn1. The maximum Gasteiger partial charge on any atom is 0.433 e. The van der Waals surface area contributed by atoms with Crippen molar-refractivity contribution < 1.29 is 18.0 Å². The van der Waals surface area contributed by atoms with Crippen LogP contribution in [-0.2, 0) is 6.18 Å². The Labute approximate surface area is 122 Å². The van der Waals surface area contributed by atoms with Gasteiger partial charge in [0.1, 0.15) is 0 Å². The highest BCUT2D eigenvalue weighted by molar-refractivity contribution is 6.30. The molecule has 0 radical (unpaired) electrons. The van der Waals surface area contributed by atoms with E-state index >= 15 is 0 Å². The Morgan fingerprint density at radius 2 is 2.10 bits per heavy atom. The lowest BCUT2D eigenvalue weighted by Gasteiger charge is -2.13. The second-order valence-electron chi connectivity index (χ2n) is 4.22. The molecule has 21 heavy (non-hydrogen) atoms. The van der Waals surface area contributed by atoms with Gasteiger partial charge in [-0.1, -0.05) is 11.6 Å². The number of alkyl halides is 3. The van der Waals surface area contributed by atoms with Gasteiger partial charge in [0.2, 0.25) is 0 Å². The Morgan fingerprint density at radius 3 is 2.67 bits per heavy atom. The summed E-state index contributed by atoms with van der Waals surface area (Å²) in [5.74, 6) is -0.937. The lowest BCUT2D eigenvalue weighted by molar-refractivity contribution is -0.141. The van der Waals surface area contributed by atoms with E-state index in [9.17, 15) is 18.0 Å². The monoisotopic (exact) mass is 318 g/mol. The molecule has 0 aliphatic heterocycles. The molecular weight excluding hydrogens is 309 g/mol. The van der Waals surface area contributed by atoms with Gasteiger partial charge >= 0.3 is 6.18 Å². The second-order valence-corrected chi connectivity index (χ2v) is 4.66. The molecule has 0 aliphatic carbocycles. The summed E-state index contributed by atoms with van der Waals surface area (Å²) in [5, 5.41) is 2.82. The van der Waals surface area contributed by atoms with E-state index in [-0.39, 0.29) is 0 Å². The topological polar surface area (TPSA) is 70.7 Å². The van der Waals surface area contributed by atoms with Crippen LogP contribution in [0.1, 0.15) is 34.8 Å². The highest BCUT2D eigenvalue weighted by atomic mass is 35.5. The Morgan fingerprint density at radius 1 is 1.38 bits per heavy atom. The van der Waals surface area contributed by atoms with Gasteiger partial charge in [-0.05, 0) is 19.1 Å². The van der Waals surface area contributed by atoms with E-state index < -0.39 is 29.5 Å². The maximum absolute atomic E-state index is 12.7. The minimum Gasteiger partial charge on any atom is -0.343 e. The molecule has 0 unspecified atom stereocenters. The molecule has 0 spiro atoms. The number of amides is 1. The van der Waals surface area contributed by atoms with Crippen molar-refractivity contribution in [1.29, 1.82) is 0 Å². The van der Waals surface area contributed by atoms with Gasteiger partial charge < -0.3 is 10.3 Å². The van der Waals surface area contributed by atoms with Crippen molar-refractivity contribution in [3.8, 4) is 0 Å². The average molecular weight is 319 g/mol. The zero-order chi connectivity index (χ0) is 15.6. The van der Waals surface area contributed by atoms with E-state index in [0.29, 0.717) is 10.7 Å². The summed E-state index contributed by atoms with van der Waals surface area (Å²) in [5.41, 5.74) is -1.42. The minimum atomic E-state index is -4.68. The Hall–Kier alpha value is -2.09. The van der Waals surface area contributed by atoms with Crippen LogP contribution < -0.4 is 5.32 Å². The zero-order valence-electron chi connectivity index (χ0n) is 10.7. The van der Waals surface area contributed by atoms with Crippen LogP contribution in [0.15, 0.2) is 24.7 Å². The van der Waals surface area contributed by atoms with Crippen molar-refractivity contribution >= 4 is 17.5 Å². The van der Waals surface area contributed by atoms with E-state index in [4.69, 9.17) is 11.6 Å². The fraction of sp³-hybridized carbons (Fsp3) is 0.250. The van der Waals surface area contributed by atoms with Crippen LogP contribution in [-0.4, -0.2) is 20.9 Å². The van der Waals surface area contributed by atoms with E-state index in [0.717, 1.165) is 6.33 Å². The third-order valence-electron chi connectivity index (χ3n) is 2.68. The lowest BCUT2D eigenvalue weighted by Crippen LogP contribution is -2.29. The van der Waals surface area contributed by atoms with Crippen molar-refractivity contribution in [3.05, 3.63) is 46.8 Å². The van der Waals surface area contributed by atoms with Crippen molar-refractivity contribution in [1.82, 2.24) is 20.3 Å². The van der Waals surface area contributed by atoms with Gasteiger partial charge in [-0.25, -0.2) is 4.98 Å². The molecule has 0 aliphatic rings. The summed E-state index contributed by atoms with van der Waals surface area (Å²) in [6.07, 6.45) is -2.47. The van der Waals surface area contributed by atoms with Gasteiger partial charge in [0, 0.05) is 6.20 Å². The highest BCUT2D eigenvalue weighted by Crippen LogP contribution is 2.29. The predicted octanol–water partition coefficient (Wildman–Crippen LogP) is 2.97. The number of halogens is 4. The van der Waals surface area contributed by atoms with E-state index in [1.165, 1.54) is 6.20 Å². The fourth-order valence-electron chi connectivity index (χ4n) is 1.66. The largest absolute Gasteiger partial charge is 0.433 e. The number of carbonyl (C=O) groups excluding carboxylic acids is 1. The number of nitrogens with one attached hydrogen (secondary N) is 2. The molecule has 0 aromatic carbocycles. The molecule has 0 bridgehead atoms. The van der Waals surface area contributed by atoms with Crippen LogP contribution in [0.3, 0.4) is 0 Å². The van der Waals surface area contributed by atoms with Gasteiger partial charge in [-0.15, -0.1) is 0 Å². The summed E-state index contributed by atoms with van der Waals surface area (Å²) in [7, 11) is 0. The third-order valence-corrected chi connectivity index (χ3v) is 2.90. The number of aromatic amines is 1. The normalized spacial score (nSPS) is 13.0. The molecule has 2 rings (SSSR count). The summed E-state index contributed by atoms with van der Waals surface area (Å²) >= 11 is 5.69. The number of rotatable bonds is 3. The summed E-state index contributed by atoms with van der Waals surface area (Å²) in [6.45, 7) is 1.59. The number of H-pyrrole nitrogens is 1. The number of aromatic nitrogens is 3. The minimum absolute atomic E-state index is 0.420. The van der Waals surface area contributed by atoms with Crippen LogP contribution in [0.5, 0.6) is 0 Å². The molecule has 5 nitrogen and oxygen atoms in total. The van der Waals surface area contributed by atoms with Crippen LogP contribution >= 0.6 is 11.6 Å². The predicted molar refractivity (Wildman–Crippen MR) is 68.7 cm³/mol. The fourth-order valence-corrected chi connectivity index (χ4v) is 1.78. The first-order valence-corrected chi connectivity index (χ1v) is 6.19. The lowest BCUT2D eigenvalue weighted by atomic mass is 10.2. The summed E-state index contributed by atoms with van der Waals surface area (Å²) < 4.78 is 38.0. The molecule has 112 valence electrons. The molecule has 0 saturated heterocycles. The van der Waals surface area contributed by atoms with Gasteiger partial charge in [-0.3, -0.25) is 9.78 Å². The molecule has 2 heterocycles. The second kappa shape index (κ2) is 5.72. The Bertz CT molecular complexity index is 639. The molecular formula is C12H10ClF3N4O. The van der Waals surface area contributed by atoms with Crippen molar-refractivity contribution in [2.75, 3.05) is 0 Å². The van der Waals surface area contributed by atoms with Crippen LogP contribution in [0.2, 0.25) is 5.02 Å². The number of hydrogen-bond acceptors (Lipinski definition) is 3. The maximum atomic E-state index is 12.7. The molecule has 1 atom stereocenters. The molecule has 0 saturated carbocycles. The van der Waals surface area contributed by atoms with E-state index in [1.54, 1.807) is 19.1 Å². The Kier molecular flexibility index (Phi) is 4.17. The first-order chi connectivity index (χ1) is 9.79. The Balaban J connectivity index is 2.15.